The summed E-state index contributed by atoms with van der Waals surface area (Å²) >= 11 is 0. The van der Waals surface area contributed by atoms with Crippen LogP contribution in [0.15, 0.2) is 0 Å². The molecule has 0 spiro atoms. The number of aliphatic carboxylic acids is 1. The van der Waals surface area contributed by atoms with Crippen molar-refractivity contribution in [2.24, 2.45) is 0 Å². The molecule has 0 saturated carbocycles. The largest absolute Gasteiger partial charge is 0.481 e. The van der Waals surface area contributed by atoms with Crippen LogP contribution in [0.3, 0.4) is 0 Å². The van der Waals surface area contributed by atoms with Crippen LogP contribution in [-0.2, 0) is 9.59 Å². The van der Waals surface area contributed by atoms with E-state index in [0.717, 1.165) is 51.4 Å². The molecule has 0 aromatic carbocycles. The van der Waals surface area contributed by atoms with E-state index in [-0.39, 0.29) is 18.6 Å². The van der Waals surface area contributed by atoms with Gasteiger partial charge < -0.3 is 15.3 Å². The van der Waals surface area contributed by atoms with Crippen molar-refractivity contribution in [3.63, 3.8) is 0 Å². The molecule has 0 saturated heterocycles. The number of aliphatic hydroxyl groups is 2. The molecule has 2 atom stereocenters. The number of hydrogen-bond acceptors (Lipinski definition) is 4. The minimum atomic E-state index is -0.958. The molecular weight excluding hydrogens is 296 g/mol. The van der Waals surface area contributed by atoms with Crippen LogP contribution in [0.4, 0.5) is 0 Å². The number of carboxylic acid groups (broad SMARTS) is 1. The molecule has 0 rings (SSSR count). The highest BCUT2D eigenvalue weighted by Gasteiger charge is 2.19. The molecule has 0 aromatic heterocycles. The summed E-state index contributed by atoms with van der Waals surface area (Å²) in [4.78, 5) is 22.1. The van der Waals surface area contributed by atoms with Crippen LogP contribution >= 0.6 is 0 Å². The van der Waals surface area contributed by atoms with E-state index in [9.17, 15) is 19.8 Å². The number of hydrogen-bond donors (Lipinski definition) is 3. The zero-order valence-corrected chi connectivity index (χ0v) is 14.5. The molecule has 5 heteroatoms. The van der Waals surface area contributed by atoms with Gasteiger partial charge in [-0.05, 0) is 19.3 Å². The van der Waals surface area contributed by atoms with Crippen LogP contribution in [0.25, 0.3) is 0 Å². The number of unbranched alkanes of at least 4 members (excludes halogenated alkanes) is 7. The van der Waals surface area contributed by atoms with Gasteiger partial charge >= 0.3 is 5.97 Å². The van der Waals surface area contributed by atoms with Crippen LogP contribution in [0.1, 0.15) is 90.4 Å². The lowest BCUT2D eigenvalue weighted by Gasteiger charge is -2.17. The molecule has 136 valence electrons. The lowest BCUT2D eigenvalue weighted by atomic mass is 9.99. The van der Waals surface area contributed by atoms with Crippen LogP contribution in [0.5, 0.6) is 0 Å². The zero-order valence-electron chi connectivity index (χ0n) is 14.5. The first-order valence-electron chi connectivity index (χ1n) is 9.07. The Labute approximate surface area is 140 Å². The zero-order chi connectivity index (χ0) is 17.5. The first-order valence-corrected chi connectivity index (χ1v) is 9.07. The third-order valence-corrected chi connectivity index (χ3v) is 4.08. The highest BCUT2D eigenvalue weighted by molar-refractivity contribution is 5.78. The van der Waals surface area contributed by atoms with Crippen molar-refractivity contribution in [1.29, 1.82) is 0 Å². The summed E-state index contributed by atoms with van der Waals surface area (Å²) in [5.74, 6) is -0.732. The molecule has 0 amide bonds. The molecule has 0 radical (unpaired) electrons. The van der Waals surface area contributed by atoms with Gasteiger partial charge in [-0.25, -0.2) is 0 Å². The van der Waals surface area contributed by atoms with Gasteiger partial charge in [-0.2, -0.15) is 0 Å². The number of rotatable bonds is 16. The minimum absolute atomic E-state index is 0.0290. The summed E-state index contributed by atoms with van der Waals surface area (Å²) in [5, 5.41) is 28.2. The first-order chi connectivity index (χ1) is 11.0. The molecule has 3 N–H and O–H groups in total. The second-order valence-corrected chi connectivity index (χ2v) is 6.39. The van der Waals surface area contributed by atoms with Gasteiger partial charge in [-0.3, -0.25) is 9.59 Å². The topological polar surface area (TPSA) is 94.8 Å². The molecule has 0 bridgehead atoms. The van der Waals surface area contributed by atoms with E-state index < -0.39 is 18.2 Å². The molecule has 0 fully saturated rings. The number of ketones is 1. The summed E-state index contributed by atoms with van der Waals surface area (Å²) < 4.78 is 0. The SMILES string of the molecule is CCCCCCC(=O)CC(O)C(O)CCCCCCCC(=O)O. The van der Waals surface area contributed by atoms with Crippen LogP contribution in [-0.4, -0.2) is 39.3 Å². The van der Waals surface area contributed by atoms with Crippen LogP contribution in [0, 0.1) is 0 Å². The van der Waals surface area contributed by atoms with E-state index in [1.165, 1.54) is 0 Å². The smallest absolute Gasteiger partial charge is 0.303 e. The molecule has 2 unspecified atom stereocenters. The lowest BCUT2D eigenvalue weighted by molar-refractivity contribution is -0.137. The Bertz CT molecular complexity index is 317. The highest BCUT2D eigenvalue weighted by Crippen LogP contribution is 2.13. The Balaban J connectivity index is 3.59. The monoisotopic (exact) mass is 330 g/mol. The Morgan fingerprint density at radius 1 is 0.783 bits per heavy atom. The number of aliphatic hydroxyl groups excluding tert-OH is 2. The third-order valence-electron chi connectivity index (χ3n) is 4.08. The average molecular weight is 330 g/mol. The van der Waals surface area contributed by atoms with E-state index in [1.54, 1.807) is 0 Å². The second-order valence-electron chi connectivity index (χ2n) is 6.39. The fraction of sp³-hybridized carbons (Fsp3) is 0.889. The van der Waals surface area contributed by atoms with Gasteiger partial charge in [0.1, 0.15) is 5.78 Å². The number of carboxylic acids is 1. The molecule has 0 aromatic rings. The Morgan fingerprint density at radius 3 is 2.00 bits per heavy atom. The summed E-state index contributed by atoms with van der Waals surface area (Å²) in [5.41, 5.74) is 0. The van der Waals surface area contributed by atoms with Gasteiger partial charge in [0.25, 0.3) is 0 Å². The first kappa shape index (κ1) is 22.1. The lowest BCUT2D eigenvalue weighted by Crippen LogP contribution is -2.28. The molecular formula is C18H34O5. The molecule has 0 aliphatic carbocycles. The van der Waals surface area contributed by atoms with Crippen molar-refractivity contribution in [3.05, 3.63) is 0 Å². The normalized spacial score (nSPS) is 13.7. The van der Waals surface area contributed by atoms with Gasteiger partial charge in [0, 0.05) is 19.3 Å². The molecule has 23 heavy (non-hydrogen) atoms. The second kappa shape index (κ2) is 14.6. The average Bonchev–Trinajstić information content (AvgIpc) is 2.50. The van der Waals surface area contributed by atoms with Gasteiger partial charge in [-0.1, -0.05) is 51.9 Å². The molecule has 0 aliphatic heterocycles. The van der Waals surface area contributed by atoms with E-state index in [1.807, 2.05) is 0 Å². The quantitative estimate of drug-likeness (QED) is 0.377. The fourth-order valence-electron chi connectivity index (χ4n) is 2.57. The van der Waals surface area contributed by atoms with Gasteiger partial charge in [0.2, 0.25) is 0 Å². The maximum atomic E-state index is 11.7. The Kier molecular flexibility index (Phi) is 14.0. The van der Waals surface area contributed by atoms with Crippen molar-refractivity contribution >= 4 is 11.8 Å². The van der Waals surface area contributed by atoms with Crippen molar-refractivity contribution in [2.75, 3.05) is 0 Å². The summed E-state index contributed by atoms with van der Waals surface area (Å²) in [7, 11) is 0. The Hall–Kier alpha value is -0.940. The van der Waals surface area contributed by atoms with Crippen LogP contribution < -0.4 is 0 Å². The molecule has 0 heterocycles. The van der Waals surface area contributed by atoms with E-state index >= 15 is 0 Å². The summed E-state index contributed by atoms with van der Waals surface area (Å²) in [6, 6.07) is 0. The number of Topliss-reactive ketones (excluding diaryl/α,β-unsaturated/α-hetero) is 1. The number of carbonyl (C=O) groups is 2. The highest BCUT2D eigenvalue weighted by atomic mass is 16.4. The van der Waals surface area contributed by atoms with E-state index in [2.05, 4.69) is 6.92 Å². The van der Waals surface area contributed by atoms with Gasteiger partial charge in [0.15, 0.2) is 0 Å². The van der Waals surface area contributed by atoms with E-state index in [0.29, 0.717) is 19.3 Å². The van der Waals surface area contributed by atoms with Gasteiger partial charge in [0.05, 0.1) is 12.2 Å². The minimum Gasteiger partial charge on any atom is -0.481 e. The fourth-order valence-corrected chi connectivity index (χ4v) is 2.57. The summed E-state index contributed by atoms with van der Waals surface area (Å²) in [6.07, 6.45) is 7.81. The predicted octanol–water partition coefficient (Wildman–Crippen LogP) is 3.45. The predicted molar refractivity (Wildman–Crippen MR) is 90.4 cm³/mol. The standard InChI is InChI=1S/C18H34O5/c1-2-3-4-8-11-15(19)14-17(21)16(20)12-9-6-5-7-10-13-18(22)23/h16-17,20-21H,2-14H2,1H3,(H,22,23). The molecule has 0 aliphatic rings. The Morgan fingerprint density at radius 2 is 1.35 bits per heavy atom. The third kappa shape index (κ3) is 14.4. The van der Waals surface area contributed by atoms with E-state index in [4.69, 9.17) is 5.11 Å². The molecule has 5 nitrogen and oxygen atoms in total. The maximum absolute atomic E-state index is 11.7. The van der Waals surface area contributed by atoms with Crippen molar-refractivity contribution < 1.29 is 24.9 Å². The van der Waals surface area contributed by atoms with Crippen molar-refractivity contribution in [1.82, 2.24) is 0 Å². The summed E-state index contributed by atoms with van der Waals surface area (Å²) in [6.45, 7) is 2.12. The van der Waals surface area contributed by atoms with Crippen molar-refractivity contribution in [3.8, 4) is 0 Å². The number of carbonyl (C=O) groups excluding carboxylic acids is 1. The van der Waals surface area contributed by atoms with Crippen LogP contribution in [0.2, 0.25) is 0 Å². The van der Waals surface area contributed by atoms with Gasteiger partial charge in [-0.15, -0.1) is 0 Å². The van der Waals surface area contributed by atoms with Crippen molar-refractivity contribution in [2.45, 2.75) is 103 Å². The maximum Gasteiger partial charge on any atom is 0.303 e.